The van der Waals surface area contributed by atoms with E-state index in [1.807, 2.05) is 40.6 Å². The Labute approximate surface area is 199 Å². The molecule has 3 heterocycles. The molecule has 1 fully saturated rings. The number of nitrogens with one attached hydrogen (secondary N) is 1. The van der Waals surface area contributed by atoms with Crippen molar-refractivity contribution >= 4 is 28.8 Å². The van der Waals surface area contributed by atoms with Gasteiger partial charge in [-0.1, -0.05) is 19.4 Å². The van der Waals surface area contributed by atoms with Crippen LogP contribution in [0.4, 0.5) is 5.69 Å². The molecular formula is C25H33N3O4S. The van der Waals surface area contributed by atoms with Crippen LogP contribution < -0.4 is 19.7 Å². The molecule has 33 heavy (non-hydrogen) atoms. The summed E-state index contributed by atoms with van der Waals surface area (Å²) < 4.78 is 11.4. The van der Waals surface area contributed by atoms with Crippen LogP contribution in [0.2, 0.25) is 0 Å². The van der Waals surface area contributed by atoms with E-state index in [0.29, 0.717) is 44.3 Å². The highest BCUT2D eigenvalue weighted by Crippen LogP contribution is 2.35. The number of likely N-dealkylation sites (tertiary alicyclic amines) is 1. The molecule has 8 heteroatoms. The van der Waals surface area contributed by atoms with Crippen LogP contribution in [0.1, 0.15) is 37.5 Å². The van der Waals surface area contributed by atoms with Crippen molar-refractivity contribution in [1.29, 1.82) is 0 Å². The van der Waals surface area contributed by atoms with Crippen LogP contribution in [0.15, 0.2) is 35.7 Å². The van der Waals surface area contributed by atoms with E-state index >= 15 is 0 Å². The molecular weight excluding hydrogens is 438 g/mol. The Morgan fingerprint density at radius 3 is 2.85 bits per heavy atom. The van der Waals surface area contributed by atoms with E-state index in [2.05, 4.69) is 17.1 Å². The van der Waals surface area contributed by atoms with Crippen molar-refractivity contribution in [1.82, 2.24) is 10.2 Å². The van der Waals surface area contributed by atoms with Crippen molar-refractivity contribution in [2.75, 3.05) is 44.3 Å². The molecule has 0 radical (unpaired) electrons. The van der Waals surface area contributed by atoms with Crippen molar-refractivity contribution < 1.29 is 19.1 Å². The molecule has 7 nitrogen and oxygen atoms in total. The predicted molar refractivity (Wildman–Crippen MR) is 130 cm³/mol. The molecule has 1 aromatic heterocycles. The minimum atomic E-state index is -0.0524. The summed E-state index contributed by atoms with van der Waals surface area (Å²) in [6.45, 7) is 6.13. The molecule has 2 aromatic rings. The zero-order chi connectivity index (χ0) is 23.0. The lowest BCUT2D eigenvalue weighted by Gasteiger charge is -2.33. The average molecular weight is 472 g/mol. The van der Waals surface area contributed by atoms with Gasteiger partial charge in [0.15, 0.2) is 11.5 Å². The smallest absolute Gasteiger partial charge is 0.241 e. The third kappa shape index (κ3) is 6.26. The van der Waals surface area contributed by atoms with Crippen LogP contribution in [0.5, 0.6) is 11.5 Å². The quantitative estimate of drug-likeness (QED) is 0.565. The molecule has 2 aliphatic heterocycles. The van der Waals surface area contributed by atoms with Gasteiger partial charge in [0.1, 0.15) is 13.2 Å². The maximum Gasteiger partial charge on any atom is 0.241 e. The first-order chi connectivity index (χ1) is 16.1. The number of hydrogen-bond acceptors (Lipinski definition) is 6. The summed E-state index contributed by atoms with van der Waals surface area (Å²) in [5.41, 5.74) is 0.795. The monoisotopic (exact) mass is 471 g/mol. The normalized spacial score (nSPS) is 18.0. The van der Waals surface area contributed by atoms with Gasteiger partial charge < -0.3 is 19.7 Å². The van der Waals surface area contributed by atoms with E-state index in [0.717, 1.165) is 49.3 Å². The summed E-state index contributed by atoms with van der Waals surface area (Å²) in [6, 6.07) is 9.72. The summed E-state index contributed by atoms with van der Waals surface area (Å²) in [5.74, 6) is 1.46. The number of benzene rings is 1. The van der Waals surface area contributed by atoms with Crippen LogP contribution in [-0.4, -0.2) is 56.1 Å². The van der Waals surface area contributed by atoms with Gasteiger partial charge in [0, 0.05) is 29.7 Å². The van der Waals surface area contributed by atoms with Crippen LogP contribution in [-0.2, 0) is 16.1 Å². The summed E-state index contributed by atoms with van der Waals surface area (Å²) in [5, 5.41) is 5.07. The lowest BCUT2D eigenvalue weighted by molar-refractivity contribution is -0.128. The van der Waals surface area contributed by atoms with Gasteiger partial charge in [0.2, 0.25) is 11.8 Å². The van der Waals surface area contributed by atoms with E-state index in [9.17, 15) is 9.59 Å². The zero-order valence-electron chi connectivity index (χ0n) is 19.3. The van der Waals surface area contributed by atoms with Crippen LogP contribution in [0.25, 0.3) is 0 Å². The van der Waals surface area contributed by atoms with Crippen LogP contribution in [0, 0.1) is 5.92 Å². The van der Waals surface area contributed by atoms with Gasteiger partial charge in [-0.15, -0.1) is 11.3 Å². The lowest BCUT2D eigenvalue weighted by Crippen LogP contribution is -2.47. The predicted octanol–water partition coefficient (Wildman–Crippen LogP) is 3.68. The number of amides is 2. The molecule has 0 saturated carbocycles. The third-order valence-corrected chi connectivity index (χ3v) is 6.96. The SMILES string of the molecule is CCCCNC(=O)C1CCCN(CC(=O)N(Cc2cccs2)c2ccc3c(c2)OCCO3)C1. The second-order valence-electron chi connectivity index (χ2n) is 8.61. The summed E-state index contributed by atoms with van der Waals surface area (Å²) in [6.07, 6.45) is 3.86. The topological polar surface area (TPSA) is 71.1 Å². The fourth-order valence-electron chi connectivity index (χ4n) is 4.30. The van der Waals surface area contributed by atoms with E-state index < -0.39 is 0 Å². The number of carbonyl (C=O) groups excluding carboxylic acids is 2. The zero-order valence-corrected chi connectivity index (χ0v) is 20.1. The number of fused-ring (bicyclic) bond motifs is 1. The van der Waals surface area contributed by atoms with E-state index in [-0.39, 0.29) is 17.7 Å². The van der Waals surface area contributed by atoms with Gasteiger partial charge in [-0.2, -0.15) is 0 Å². The van der Waals surface area contributed by atoms with Gasteiger partial charge in [-0.25, -0.2) is 0 Å². The molecule has 1 saturated heterocycles. The molecule has 4 rings (SSSR count). The van der Waals surface area contributed by atoms with Crippen molar-refractivity contribution in [3.05, 3.63) is 40.6 Å². The average Bonchev–Trinajstić information content (AvgIpc) is 3.36. The number of nitrogens with zero attached hydrogens (tertiary/aromatic N) is 2. The number of thiophene rings is 1. The minimum Gasteiger partial charge on any atom is -0.486 e. The molecule has 178 valence electrons. The lowest BCUT2D eigenvalue weighted by atomic mass is 9.97. The number of anilines is 1. The van der Waals surface area contributed by atoms with Gasteiger partial charge in [-0.05, 0) is 49.4 Å². The number of carbonyl (C=O) groups is 2. The number of ether oxygens (including phenoxy) is 2. The Kier molecular flexibility index (Phi) is 8.23. The molecule has 1 N–H and O–H groups in total. The molecule has 2 aliphatic rings. The molecule has 1 atom stereocenters. The summed E-state index contributed by atoms with van der Waals surface area (Å²) in [7, 11) is 0. The summed E-state index contributed by atoms with van der Waals surface area (Å²) in [4.78, 5) is 31.1. The van der Waals surface area contributed by atoms with Gasteiger partial charge in [-0.3, -0.25) is 14.5 Å². The van der Waals surface area contributed by atoms with Crippen molar-refractivity contribution in [3.8, 4) is 11.5 Å². The minimum absolute atomic E-state index is 0.0205. The Bertz CT molecular complexity index is 934. The highest BCUT2D eigenvalue weighted by Gasteiger charge is 2.28. The summed E-state index contributed by atoms with van der Waals surface area (Å²) >= 11 is 1.64. The molecule has 1 aromatic carbocycles. The third-order valence-electron chi connectivity index (χ3n) is 6.10. The van der Waals surface area contributed by atoms with E-state index in [4.69, 9.17) is 9.47 Å². The molecule has 2 amide bonds. The van der Waals surface area contributed by atoms with Crippen molar-refractivity contribution in [2.24, 2.45) is 5.92 Å². The van der Waals surface area contributed by atoms with Gasteiger partial charge in [0.05, 0.1) is 19.0 Å². The highest BCUT2D eigenvalue weighted by atomic mass is 32.1. The fourth-order valence-corrected chi connectivity index (χ4v) is 5.00. The Balaban J connectivity index is 1.44. The van der Waals surface area contributed by atoms with Crippen molar-refractivity contribution in [3.63, 3.8) is 0 Å². The second-order valence-corrected chi connectivity index (χ2v) is 9.64. The maximum absolute atomic E-state index is 13.5. The van der Waals surface area contributed by atoms with Gasteiger partial charge in [0.25, 0.3) is 0 Å². The molecule has 1 unspecified atom stereocenters. The Morgan fingerprint density at radius 2 is 2.06 bits per heavy atom. The van der Waals surface area contributed by atoms with E-state index in [1.54, 1.807) is 11.3 Å². The van der Waals surface area contributed by atoms with Crippen LogP contribution >= 0.6 is 11.3 Å². The number of rotatable bonds is 9. The second kappa shape index (κ2) is 11.5. The highest BCUT2D eigenvalue weighted by molar-refractivity contribution is 7.09. The molecule has 0 spiro atoms. The van der Waals surface area contributed by atoms with Crippen LogP contribution in [0.3, 0.4) is 0 Å². The van der Waals surface area contributed by atoms with Gasteiger partial charge >= 0.3 is 0 Å². The first-order valence-electron chi connectivity index (χ1n) is 11.9. The Morgan fingerprint density at radius 1 is 1.21 bits per heavy atom. The first-order valence-corrected chi connectivity index (χ1v) is 12.7. The number of piperidine rings is 1. The molecule has 0 bridgehead atoms. The first kappa shape index (κ1) is 23.6. The Hall–Kier alpha value is -2.58. The largest absolute Gasteiger partial charge is 0.486 e. The molecule has 0 aliphatic carbocycles. The standard InChI is InChI=1S/C25H33N3O4S/c1-2-3-10-26-25(30)19-6-4-11-27(16-19)18-24(29)28(17-21-7-5-14-33-21)20-8-9-22-23(15-20)32-13-12-31-22/h5,7-9,14-15,19H,2-4,6,10-13,16-18H2,1H3,(H,26,30). The van der Waals surface area contributed by atoms with Crippen molar-refractivity contribution in [2.45, 2.75) is 39.2 Å². The number of hydrogen-bond donors (Lipinski definition) is 1. The maximum atomic E-state index is 13.5. The fraction of sp³-hybridized carbons (Fsp3) is 0.520. The number of unbranched alkanes of at least 4 members (excludes halogenated alkanes) is 1. The van der Waals surface area contributed by atoms with E-state index in [1.165, 1.54) is 0 Å².